The molecule has 0 aromatic heterocycles. The minimum Gasteiger partial charge on any atom is -0.399 e. The van der Waals surface area contributed by atoms with E-state index < -0.39 is 16.1 Å². The molecule has 3 N–H and O–H groups in total. The fourth-order valence-corrected chi connectivity index (χ4v) is 2.15. The number of anilines is 1. The molecule has 5 heteroatoms. The van der Waals surface area contributed by atoms with Crippen LogP contribution in [-0.2, 0) is 10.0 Å². The molecule has 0 aliphatic rings. The predicted molar refractivity (Wildman–Crippen MR) is 59.5 cm³/mol. The highest BCUT2D eigenvalue weighted by Crippen LogP contribution is 2.11. The van der Waals surface area contributed by atoms with Gasteiger partial charge in [0.15, 0.2) is 0 Å². The molecule has 80 valence electrons. The number of terminal acetylenes is 1. The first-order valence-electron chi connectivity index (χ1n) is 4.29. The number of sulfonamides is 1. The zero-order valence-corrected chi connectivity index (χ0v) is 9.08. The molecule has 1 rings (SSSR count). The Bertz CT molecular complexity index is 471. The summed E-state index contributed by atoms with van der Waals surface area (Å²) in [5.74, 6) is 2.29. The van der Waals surface area contributed by atoms with Crippen LogP contribution in [0.1, 0.15) is 6.92 Å². The molecule has 0 amide bonds. The van der Waals surface area contributed by atoms with Crippen molar-refractivity contribution >= 4 is 15.7 Å². The van der Waals surface area contributed by atoms with Gasteiger partial charge in [0.1, 0.15) is 0 Å². The molecule has 1 aromatic rings. The van der Waals surface area contributed by atoms with Crippen LogP contribution in [-0.4, -0.2) is 14.5 Å². The van der Waals surface area contributed by atoms with Crippen LogP contribution in [0.2, 0.25) is 0 Å². The average Bonchev–Trinajstić information content (AvgIpc) is 2.17. The van der Waals surface area contributed by atoms with Crippen molar-refractivity contribution in [3.8, 4) is 12.3 Å². The number of nitrogens with one attached hydrogen (secondary N) is 1. The fraction of sp³-hybridized carbons (Fsp3) is 0.200. The third-order valence-electron chi connectivity index (χ3n) is 1.77. The number of benzene rings is 1. The fourth-order valence-electron chi connectivity index (χ4n) is 0.982. The van der Waals surface area contributed by atoms with E-state index in [1.54, 1.807) is 6.92 Å². The minimum atomic E-state index is -3.54. The molecular formula is C10H12N2O2S. The van der Waals surface area contributed by atoms with E-state index in [0.717, 1.165) is 0 Å². The second-order valence-corrected chi connectivity index (χ2v) is 4.79. The van der Waals surface area contributed by atoms with Crippen molar-refractivity contribution in [1.29, 1.82) is 0 Å². The Labute approximate surface area is 89.5 Å². The van der Waals surface area contributed by atoms with E-state index in [1.165, 1.54) is 24.3 Å². The van der Waals surface area contributed by atoms with Crippen molar-refractivity contribution in [2.45, 2.75) is 17.9 Å². The molecule has 0 aliphatic carbocycles. The Balaban J connectivity index is 2.98. The van der Waals surface area contributed by atoms with Crippen LogP contribution in [0.4, 0.5) is 5.69 Å². The Morgan fingerprint density at radius 2 is 1.93 bits per heavy atom. The maximum absolute atomic E-state index is 11.7. The van der Waals surface area contributed by atoms with Crippen molar-refractivity contribution < 1.29 is 8.42 Å². The normalized spacial score (nSPS) is 13.1. The van der Waals surface area contributed by atoms with E-state index in [0.29, 0.717) is 5.69 Å². The molecule has 0 fully saturated rings. The Morgan fingerprint density at radius 1 is 1.40 bits per heavy atom. The maximum atomic E-state index is 11.7. The second kappa shape index (κ2) is 4.34. The van der Waals surface area contributed by atoms with Gasteiger partial charge in [-0.2, -0.15) is 4.72 Å². The van der Waals surface area contributed by atoms with Crippen LogP contribution < -0.4 is 10.5 Å². The molecule has 15 heavy (non-hydrogen) atoms. The van der Waals surface area contributed by atoms with Crippen LogP contribution in [0.5, 0.6) is 0 Å². The highest BCUT2D eigenvalue weighted by Gasteiger charge is 2.15. The highest BCUT2D eigenvalue weighted by atomic mass is 32.2. The molecule has 1 aromatic carbocycles. The van der Waals surface area contributed by atoms with Crippen molar-refractivity contribution in [2.75, 3.05) is 5.73 Å². The quantitative estimate of drug-likeness (QED) is 0.582. The summed E-state index contributed by atoms with van der Waals surface area (Å²) < 4.78 is 25.7. The van der Waals surface area contributed by atoms with Gasteiger partial charge in [-0.25, -0.2) is 8.42 Å². The SMILES string of the molecule is C#CC(C)NS(=O)(=O)c1ccc(N)cc1. The summed E-state index contributed by atoms with van der Waals surface area (Å²) in [4.78, 5) is 0.152. The summed E-state index contributed by atoms with van der Waals surface area (Å²) in [5, 5.41) is 0. The lowest BCUT2D eigenvalue weighted by molar-refractivity contribution is 0.577. The summed E-state index contributed by atoms with van der Waals surface area (Å²) in [6, 6.07) is 5.37. The lowest BCUT2D eigenvalue weighted by atomic mass is 10.3. The molecule has 0 saturated carbocycles. The molecule has 0 spiro atoms. The summed E-state index contributed by atoms with van der Waals surface area (Å²) in [6.45, 7) is 1.59. The van der Waals surface area contributed by atoms with Crippen LogP contribution in [0.15, 0.2) is 29.2 Å². The van der Waals surface area contributed by atoms with Gasteiger partial charge in [-0.3, -0.25) is 0 Å². The zero-order valence-electron chi connectivity index (χ0n) is 8.27. The van der Waals surface area contributed by atoms with Gasteiger partial charge in [-0.05, 0) is 31.2 Å². The molecule has 0 aliphatic heterocycles. The van der Waals surface area contributed by atoms with Gasteiger partial charge >= 0.3 is 0 Å². The number of hydrogen-bond acceptors (Lipinski definition) is 3. The largest absolute Gasteiger partial charge is 0.399 e. The predicted octanol–water partition coefficient (Wildman–Crippen LogP) is 0.569. The first-order valence-corrected chi connectivity index (χ1v) is 5.78. The van der Waals surface area contributed by atoms with Crippen LogP contribution in [0.3, 0.4) is 0 Å². The summed E-state index contributed by atoms with van der Waals surface area (Å²) in [5.41, 5.74) is 5.96. The summed E-state index contributed by atoms with van der Waals surface area (Å²) >= 11 is 0. The monoisotopic (exact) mass is 224 g/mol. The molecule has 0 heterocycles. The molecule has 1 unspecified atom stereocenters. The van der Waals surface area contributed by atoms with E-state index in [4.69, 9.17) is 12.2 Å². The van der Waals surface area contributed by atoms with Crippen LogP contribution in [0.25, 0.3) is 0 Å². The number of rotatable bonds is 3. The number of hydrogen-bond donors (Lipinski definition) is 2. The molecular weight excluding hydrogens is 212 g/mol. The van der Waals surface area contributed by atoms with Gasteiger partial charge in [0.05, 0.1) is 10.9 Å². The Kier molecular flexibility index (Phi) is 3.35. The third kappa shape index (κ3) is 2.98. The molecule has 0 saturated heterocycles. The highest BCUT2D eigenvalue weighted by molar-refractivity contribution is 7.89. The zero-order chi connectivity index (χ0) is 11.5. The van der Waals surface area contributed by atoms with E-state index in [1.807, 2.05) is 0 Å². The maximum Gasteiger partial charge on any atom is 0.241 e. The second-order valence-electron chi connectivity index (χ2n) is 3.08. The summed E-state index contributed by atoms with van der Waals surface area (Å²) in [6.07, 6.45) is 5.08. The first kappa shape index (κ1) is 11.6. The van der Waals surface area contributed by atoms with E-state index >= 15 is 0 Å². The van der Waals surface area contributed by atoms with E-state index in [-0.39, 0.29) is 4.90 Å². The minimum absolute atomic E-state index is 0.152. The number of nitrogens with two attached hydrogens (primary N) is 1. The van der Waals surface area contributed by atoms with Crippen molar-refractivity contribution in [3.63, 3.8) is 0 Å². The topological polar surface area (TPSA) is 72.2 Å². The molecule has 1 atom stereocenters. The lowest BCUT2D eigenvalue weighted by Gasteiger charge is -2.08. The van der Waals surface area contributed by atoms with Crippen molar-refractivity contribution in [1.82, 2.24) is 4.72 Å². The van der Waals surface area contributed by atoms with Crippen LogP contribution >= 0.6 is 0 Å². The van der Waals surface area contributed by atoms with Crippen molar-refractivity contribution in [3.05, 3.63) is 24.3 Å². The van der Waals surface area contributed by atoms with Crippen molar-refractivity contribution in [2.24, 2.45) is 0 Å². The van der Waals surface area contributed by atoms with Gasteiger partial charge in [-0.15, -0.1) is 6.42 Å². The van der Waals surface area contributed by atoms with Gasteiger partial charge in [-0.1, -0.05) is 5.92 Å². The van der Waals surface area contributed by atoms with Gasteiger partial charge < -0.3 is 5.73 Å². The lowest BCUT2D eigenvalue weighted by Crippen LogP contribution is -2.31. The van der Waals surface area contributed by atoms with E-state index in [2.05, 4.69) is 10.6 Å². The smallest absolute Gasteiger partial charge is 0.241 e. The average molecular weight is 224 g/mol. The first-order chi connectivity index (χ1) is 6.95. The van der Waals surface area contributed by atoms with Crippen LogP contribution in [0, 0.1) is 12.3 Å². The standard InChI is InChI=1S/C10H12N2O2S/c1-3-8(2)12-15(13,14)10-6-4-9(11)5-7-10/h1,4-8,12H,11H2,2H3. The number of nitrogen functional groups attached to an aromatic ring is 1. The Morgan fingerprint density at radius 3 is 2.40 bits per heavy atom. The third-order valence-corrected chi connectivity index (χ3v) is 3.33. The molecule has 0 bridgehead atoms. The molecule has 4 nitrogen and oxygen atoms in total. The van der Waals surface area contributed by atoms with Gasteiger partial charge in [0.25, 0.3) is 0 Å². The summed E-state index contributed by atoms with van der Waals surface area (Å²) in [7, 11) is -3.54. The molecule has 0 radical (unpaired) electrons. The Hall–Kier alpha value is -1.51. The van der Waals surface area contributed by atoms with E-state index in [9.17, 15) is 8.42 Å². The van der Waals surface area contributed by atoms with Gasteiger partial charge in [0, 0.05) is 5.69 Å². The van der Waals surface area contributed by atoms with Gasteiger partial charge in [0.2, 0.25) is 10.0 Å².